The number of rotatable bonds is 4. The molecule has 0 aromatic carbocycles. The molecule has 2 rings (SSSR count). The molecule has 0 bridgehead atoms. The first-order valence-corrected chi connectivity index (χ1v) is 6.96. The van der Waals surface area contributed by atoms with Crippen LogP contribution in [0.2, 0.25) is 0 Å². The highest BCUT2D eigenvalue weighted by Crippen LogP contribution is 2.21. The molecule has 0 spiro atoms. The maximum atomic E-state index is 11.9. The lowest BCUT2D eigenvalue weighted by molar-refractivity contribution is -0.131. The SMILES string of the molecule is CN(Cc1csc(Br)c1)C(=O)Cn1cc(N)cn1. The summed E-state index contributed by atoms with van der Waals surface area (Å²) in [6.45, 7) is 0.802. The first kappa shape index (κ1) is 13.1. The highest BCUT2D eigenvalue weighted by molar-refractivity contribution is 9.11. The number of nitrogen functional groups attached to an aromatic ring is 1. The molecule has 0 aliphatic heterocycles. The number of halogens is 1. The Morgan fingerprint density at radius 1 is 1.67 bits per heavy atom. The van der Waals surface area contributed by atoms with Gasteiger partial charge in [-0.2, -0.15) is 5.10 Å². The molecule has 2 aromatic rings. The normalized spacial score (nSPS) is 10.6. The van der Waals surface area contributed by atoms with Crippen LogP contribution in [0.15, 0.2) is 27.6 Å². The second-order valence-electron chi connectivity index (χ2n) is 3.98. The lowest BCUT2D eigenvalue weighted by atomic mass is 10.3. The average Bonchev–Trinajstić information content (AvgIpc) is 2.88. The van der Waals surface area contributed by atoms with Crippen LogP contribution in [-0.2, 0) is 17.9 Å². The molecule has 0 aliphatic rings. The van der Waals surface area contributed by atoms with Crippen LogP contribution in [0.4, 0.5) is 5.69 Å². The van der Waals surface area contributed by atoms with Gasteiger partial charge in [-0.3, -0.25) is 9.48 Å². The van der Waals surface area contributed by atoms with Crippen LogP contribution in [0.25, 0.3) is 0 Å². The molecular weight excluding hydrogens is 316 g/mol. The van der Waals surface area contributed by atoms with Crippen molar-refractivity contribution in [3.05, 3.63) is 33.2 Å². The summed E-state index contributed by atoms with van der Waals surface area (Å²) in [5, 5.41) is 6.02. The van der Waals surface area contributed by atoms with E-state index >= 15 is 0 Å². The number of hydrogen-bond donors (Lipinski definition) is 1. The van der Waals surface area contributed by atoms with E-state index < -0.39 is 0 Å². The zero-order valence-corrected chi connectivity index (χ0v) is 12.2. The van der Waals surface area contributed by atoms with Crippen LogP contribution in [0.5, 0.6) is 0 Å². The van der Waals surface area contributed by atoms with Crippen LogP contribution in [0.1, 0.15) is 5.56 Å². The van der Waals surface area contributed by atoms with Crippen molar-refractivity contribution in [2.24, 2.45) is 0 Å². The van der Waals surface area contributed by atoms with Crippen LogP contribution >= 0.6 is 27.3 Å². The van der Waals surface area contributed by atoms with Crippen molar-refractivity contribution < 1.29 is 4.79 Å². The summed E-state index contributed by atoms with van der Waals surface area (Å²) in [6, 6.07) is 2.01. The summed E-state index contributed by atoms with van der Waals surface area (Å²) in [4.78, 5) is 13.6. The lowest BCUT2D eigenvalue weighted by Crippen LogP contribution is -2.29. The van der Waals surface area contributed by atoms with Crippen molar-refractivity contribution >= 4 is 38.9 Å². The number of aromatic nitrogens is 2. The van der Waals surface area contributed by atoms with Crippen molar-refractivity contribution in [3.8, 4) is 0 Å². The summed E-state index contributed by atoms with van der Waals surface area (Å²) in [6.07, 6.45) is 3.18. The first-order valence-electron chi connectivity index (χ1n) is 5.29. The van der Waals surface area contributed by atoms with Crippen LogP contribution in [-0.4, -0.2) is 27.6 Å². The van der Waals surface area contributed by atoms with Gasteiger partial charge < -0.3 is 10.6 Å². The fraction of sp³-hybridized carbons (Fsp3) is 0.273. The third-order valence-electron chi connectivity index (χ3n) is 2.42. The predicted octanol–water partition coefficient (Wildman–Crippen LogP) is 1.95. The molecule has 0 unspecified atom stereocenters. The maximum absolute atomic E-state index is 11.9. The van der Waals surface area contributed by atoms with Crippen LogP contribution < -0.4 is 5.73 Å². The number of thiophene rings is 1. The third-order valence-corrected chi connectivity index (χ3v) is 3.97. The van der Waals surface area contributed by atoms with E-state index in [1.165, 1.54) is 10.9 Å². The van der Waals surface area contributed by atoms with Crippen molar-refractivity contribution in [2.45, 2.75) is 13.1 Å². The zero-order valence-electron chi connectivity index (χ0n) is 9.84. The predicted molar refractivity (Wildman–Crippen MR) is 75.1 cm³/mol. The lowest BCUT2D eigenvalue weighted by Gasteiger charge is -2.16. The molecule has 5 nitrogen and oxygen atoms in total. The Balaban J connectivity index is 1.92. The van der Waals surface area contributed by atoms with Crippen LogP contribution in [0.3, 0.4) is 0 Å². The van der Waals surface area contributed by atoms with E-state index in [-0.39, 0.29) is 12.5 Å². The minimum atomic E-state index is 0.000391. The summed E-state index contributed by atoms with van der Waals surface area (Å²) < 4.78 is 2.61. The standard InChI is InChI=1S/C11H13BrN4OS/c1-15(4-8-2-10(12)18-7-8)11(17)6-16-5-9(13)3-14-16/h2-3,5,7H,4,6,13H2,1H3. The molecule has 96 valence electrons. The minimum absolute atomic E-state index is 0.000391. The highest BCUT2D eigenvalue weighted by Gasteiger charge is 2.11. The molecule has 0 radical (unpaired) electrons. The van der Waals surface area contributed by atoms with Gasteiger partial charge in [0.1, 0.15) is 6.54 Å². The van der Waals surface area contributed by atoms with Gasteiger partial charge in [0.15, 0.2) is 0 Å². The number of carbonyl (C=O) groups is 1. The highest BCUT2D eigenvalue weighted by atomic mass is 79.9. The average molecular weight is 329 g/mol. The van der Waals surface area contributed by atoms with Gasteiger partial charge in [0.25, 0.3) is 0 Å². The Hall–Kier alpha value is -1.34. The van der Waals surface area contributed by atoms with Gasteiger partial charge in [-0.25, -0.2) is 0 Å². The molecule has 2 heterocycles. The number of nitrogens with two attached hydrogens (primary N) is 1. The van der Waals surface area contributed by atoms with Gasteiger partial charge in [-0.15, -0.1) is 11.3 Å². The van der Waals surface area contributed by atoms with Gasteiger partial charge in [0, 0.05) is 19.8 Å². The van der Waals surface area contributed by atoms with E-state index in [0.717, 1.165) is 9.35 Å². The number of anilines is 1. The van der Waals surface area contributed by atoms with E-state index in [0.29, 0.717) is 12.2 Å². The second kappa shape index (κ2) is 5.53. The Morgan fingerprint density at radius 3 is 3.00 bits per heavy atom. The smallest absolute Gasteiger partial charge is 0.244 e. The van der Waals surface area contributed by atoms with E-state index in [1.807, 2.05) is 11.4 Å². The van der Waals surface area contributed by atoms with Crippen LogP contribution in [0, 0.1) is 0 Å². The van der Waals surface area contributed by atoms with Crippen molar-refractivity contribution in [2.75, 3.05) is 12.8 Å². The fourth-order valence-electron chi connectivity index (χ4n) is 1.52. The number of hydrogen-bond acceptors (Lipinski definition) is 4. The van der Waals surface area contributed by atoms with E-state index in [9.17, 15) is 4.79 Å². The van der Waals surface area contributed by atoms with Gasteiger partial charge in [0.2, 0.25) is 5.91 Å². The van der Waals surface area contributed by atoms with E-state index in [2.05, 4.69) is 21.0 Å². The van der Waals surface area contributed by atoms with Gasteiger partial charge in [-0.05, 0) is 32.9 Å². The Kier molecular flexibility index (Phi) is 4.03. The fourth-order valence-corrected chi connectivity index (χ4v) is 2.72. The minimum Gasteiger partial charge on any atom is -0.396 e. The molecule has 0 saturated carbocycles. The van der Waals surface area contributed by atoms with Gasteiger partial charge >= 0.3 is 0 Å². The third kappa shape index (κ3) is 3.33. The summed E-state index contributed by atoms with van der Waals surface area (Å²) in [5.74, 6) is 0.000391. The number of amides is 1. The van der Waals surface area contributed by atoms with E-state index in [1.54, 1.807) is 29.5 Å². The van der Waals surface area contributed by atoms with Crippen molar-refractivity contribution in [1.29, 1.82) is 0 Å². The largest absolute Gasteiger partial charge is 0.396 e. The molecule has 0 aliphatic carbocycles. The molecular formula is C11H13BrN4OS. The Bertz CT molecular complexity index is 551. The van der Waals surface area contributed by atoms with Gasteiger partial charge in [0.05, 0.1) is 15.7 Å². The Labute approximate surface area is 117 Å². The number of likely N-dealkylation sites (N-methyl/N-ethyl adjacent to an activating group) is 1. The number of carbonyl (C=O) groups excluding carboxylic acids is 1. The molecule has 7 heteroatoms. The van der Waals surface area contributed by atoms with Crippen molar-refractivity contribution in [3.63, 3.8) is 0 Å². The van der Waals surface area contributed by atoms with Gasteiger partial charge in [-0.1, -0.05) is 0 Å². The topological polar surface area (TPSA) is 64.2 Å². The summed E-state index contributed by atoms with van der Waals surface area (Å²) >= 11 is 5.01. The quantitative estimate of drug-likeness (QED) is 0.932. The second-order valence-corrected chi connectivity index (χ2v) is 6.27. The molecule has 1 amide bonds. The molecule has 2 N–H and O–H groups in total. The van der Waals surface area contributed by atoms with Crippen molar-refractivity contribution in [1.82, 2.24) is 14.7 Å². The van der Waals surface area contributed by atoms with E-state index in [4.69, 9.17) is 5.73 Å². The molecule has 0 fully saturated rings. The first-order chi connectivity index (χ1) is 8.54. The summed E-state index contributed by atoms with van der Waals surface area (Å²) in [5.41, 5.74) is 7.22. The summed E-state index contributed by atoms with van der Waals surface area (Å²) in [7, 11) is 1.78. The molecule has 0 saturated heterocycles. The Morgan fingerprint density at radius 2 is 2.44 bits per heavy atom. The monoisotopic (exact) mass is 328 g/mol. The molecule has 2 aromatic heterocycles. The molecule has 0 atom stereocenters. The number of nitrogens with zero attached hydrogens (tertiary/aromatic N) is 3. The zero-order chi connectivity index (χ0) is 13.1. The maximum Gasteiger partial charge on any atom is 0.244 e. The molecule has 18 heavy (non-hydrogen) atoms.